The van der Waals surface area contributed by atoms with Gasteiger partial charge in [-0.3, -0.25) is 5.10 Å². The van der Waals surface area contributed by atoms with E-state index in [1.807, 2.05) is 6.07 Å². The topological polar surface area (TPSA) is 63.7 Å². The summed E-state index contributed by atoms with van der Waals surface area (Å²) in [5, 5.41) is 15.3. The molecule has 2 heterocycles. The quantitative estimate of drug-likeness (QED) is 0.851. The highest BCUT2D eigenvalue weighted by Crippen LogP contribution is 2.27. The summed E-state index contributed by atoms with van der Waals surface area (Å²) in [6.45, 7) is 0. The highest BCUT2D eigenvalue weighted by molar-refractivity contribution is 8.01. The molecule has 0 bridgehead atoms. The zero-order chi connectivity index (χ0) is 10.7. The molecule has 2 aromatic heterocycles. The maximum Gasteiger partial charge on any atom is 0.233 e. The minimum absolute atomic E-state index is 0.494. The van der Waals surface area contributed by atoms with Gasteiger partial charge in [-0.25, -0.2) is 0 Å². The van der Waals surface area contributed by atoms with Crippen LogP contribution in [0.2, 0.25) is 0 Å². The third-order valence-electron chi connectivity index (χ3n) is 1.44. The van der Waals surface area contributed by atoms with Crippen LogP contribution in [-0.2, 0) is 0 Å². The summed E-state index contributed by atoms with van der Waals surface area (Å²) < 4.78 is 6.38. The average Bonchev–Trinajstić information content (AvgIpc) is 2.65. The second-order valence-corrected chi connectivity index (χ2v) is 5.33. The molecule has 5 nitrogen and oxygen atoms in total. The van der Waals surface area contributed by atoms with Gasteiger partial charge in [0, 0.05) is 6.07 Å². The Morgan fingerprint density at radius 1 is 1.47 bits per heavy atom. The zero-order valence-electron chi connectivity index (χ0n) is 7.63. The zero-order valence-corrected chi connectivity index (χ0v) is 10.1. The van der Waals surface area contributed by atoms with E-state index in [0.717, 1.165) is 9.37 Å². The normalized spacial score (nSPS) is 10.2. The number of H-pyrrole nitrogens is 1. The van der Waals surface area contributed by atoms with Crippen molar-refractivity contribution >= 4 is 35.3 Å². The minimum Gasteiger partial charge on any atom is -0.480 e. The molecule has 0 aliphatic rings. The first-order chi connectivity index (χ1) is 7.28. The predicted octanol–water partition coefficient (Wildman–Crippen LogP) is 2.15. The van der Waals surface area contributed by atoms with Gasteiger partial charge in [0.05, 0.1) is 7.11 Å². The highest BCUT2D eigenvalue weighted by Gasteiger charge is 2.03. The van der Waals surface area contributed by atoms with Gasteiger partial charge in [0.25, 0.3) is 0 Å². The van der Waals surface area contributed by atoms with Crippen LogP contribution < -0.4 is 4.74 Å². The molecule has 0 aliphatic carbocycles. The highest BCUT2D eigenvalue weighted by atomic mass is 32.2. The number of hydrogen-bond acceptors (Lipinski definition) is 7. The first-order valence-corrected chi connectivity index (χ1v) is 5.93. The third-order valence-corrected chi connectivity index (χ3v) is 3.51. The second-order valence-electron chi connectivity index (χ2n) is 2.40. The Kier molecular flexibility index (Phi) is 3.29. The van der Waals surface area contributed by atoms with Gasteiger partial charge in [-0.2, -0.15) is 5.10 Å². The van der Waals surface area contributed by atoms with E-state index in [-0.39, 0.29) is 0 Å². The molecule has 2 rings (SSSR count). The van der Waals surface area contributed by atoms with Crippen molar-refractivity contribution in [3.63, 3.8) is 0 Å². The smallest absolute Gasteiger partial charge is 0.233 e. The molecule has 2 aromatic rings. The van der Waals surface area contributed by atoms with Crippen molar-refractivity contribution in [3.8, 4) is 5.88 Å². The van der Waals surface area contributed by atoms with Crippen LogP contribution in [0.1, 0.15) is 0 Å². The fourth-order valence-electron chi connectivity index (χ4n) is 0.820. The summed E-state index contributed by atoms with van der Waals surface area (Å²) >= 11 is 7.73. The molecular weight excluding hydrogens is 252 g/mol. The summed E-state index contributed by atoms with van der Waals surface area (Å²) in [7, 11) is 1.55. The van der Waals surface area contributed by atoms with Crippen molar-refractivity contribution in [1.82, 2.24) is 20.4 Å². The van der Waals surface area contributed by atoms with Gasteiger partial charge < -0.3 is 4.74 Å². The molecule has 0 spiro atoms. The summed E-state index contributed by atoms with van der Waals surface area (Å²) in [6, 6.07) is 3.57. The first-order valence-electron chi connectivity index (χ1n) is 3.89. The van der Waals surface area contributed by atoms with Crippen molar-refractivity contribution in [3.05, 3.63) is 16.1 Å². The van der Waals surface area contributed by atoms with Gasteiger partial charge in [-0.1, -0.05) is 11.3 Å². The maximum atomic E-state index is 4.92. The molecule has 0 radical (unpaired) electrons. The van der Waals surface area contributed by atoms with Crippen LogP contribution in [-0.4, -0.2) is 27.5 Å². The number of methoxy groups -OCH3 is 1. The van der Waals surface area contributed by atoms with Crippen molar-refractivity contribution in [2.45, 2.75) is 9.37 Å². The number of rotatable bonds is 3. The molecule has 0 atom stereocenters. The van der Waals surface area contributed by atoms with E-state index in [1.165, 1.54) is 23.1 Å². The standard InChI is InChI=1S/C7H6N4OS3/c1-12-4-2-3-5(9-8-4)14-7-11-10-6(13)15-7/h2-3H,1H3,(H,10,13). The molecule has 8 heteroatoms. The molecule has 0 amide bonds. The average molecular weight is 258 g/mol. The lowest BCUT2D eigenvalue weighted by Gasteiger charge is -1.97. The predicted molar refractivity (Wildman–Crippen MR) is 60.0 cm³/mol. The van der Waals surface area contributed by atoms with Gasteiger partial charge in [0.1, 0.15) is 5.03 Å². The summed E-state index contributed by atoms with van der Waals surface area (Å²) in [6.07, 6.45) is 0. The van der Waals surface area contributed by atoms with Crippen LogP contribution >= 0.6 is 35.3 Å². The Balaban J connectivity index is 2.14. The fourth-order valence-corrected chi connectivity index (χ4v) is 2.76. The van der Waals surface area contributed by atoms with E-state index in [9.17, 15) is 0 Å². The lowest BCUT2D eigenvalue weighted by molar-refractivity contribution is 0.390. The lowest BCUT2D eigenvalue weighted by atomic mass is 10.6. The molecule has 15 heavy (non-hydrogen) atoms. The van der Waals surface area contributed by atoms with Crippen LogP contribution in [0.15, 0.2) is 21.5 Å². The number of ether oxygens (including phenoxy) is 1. The van der Waals surface area contributed by atoms with Crippen LogP contribution in [0.25, 0.3) is 0 Å². The monoisotopic (exact) mass is 258 g/mol. The van der Waals surface area contributed by atoms with E-state index < -0.39 is 0 Å². The van der Waals surface area contributed by atoms with Gasteiger partial charge in [-0.15, -0.1) is 10.2 Å². The molecule has 0 saturated carbocycles. The molecule has 0 fully saturated rings. The van der Waals surface area contributed by atoms with Gasteiger partial charge in [-0.05, 0) is 30.0 Å². The summed E-state index contributed by atoms with van der Waals surface area (Å²) in [4.78, 5) is 0. The number of hydrogen-bond donors (Lipinski definition) is 1. The number of aromatic amines is 1. The largest absolute Gasteiger partial charge is 0.480 e. The number of nitrogens with zero attached hydrogens (tertiary/aromatic N) is 3. The fraction of sp³-hybridized carbons (Fsp3) is 0.143. The van der Waals surface area contributed by atoms with Gasteiger partial charge >= 0.3 is 0 Å². The van der Waals surface area contributed by atoms with E-state index in [0.29, 0.717) is 9.83 Å². The second kappa shape index (κ2) is 4.69. The van der Waals surface area contributed by atoms with Gasteiger partial charge in [0.2, 0.25) is 5.88 Å². The third kappa shape index (κ3) is 2.74. The number of aromatic nitrogens is 4. The molecule has 0 saturated heterocycles. The van der Waals surface area contributed by atoms with Crippen LogP contribution in [0.3, 0.4) is 0 Å². The molecule has 0 aliphatic heterocycles. The summed E-state index contributed by atoms with van der Waals surface area (Å²) in [5.74, 6) is 0.494. The van der Waals surface area contributed by atoms with E-state index in [4.69, 9.17) is 17.0 Å². The Labute approximate surface area is 98.9 Å². The van der Waals surface area contributed by atoms with Crippen molar-refractivity contribution < 1.29 is 4.74 Å². The Hall–Kier alpha value is -0.990. The lowest BCUT2D eigenvalue weighted by Crippen LogP contribution is -1.90. The Morgan fingerprint density at radius 3 is 2.87 bits per heavy atom. The molecule has 1 N–H and O–H groups in total. The van der Waals surface area contributed by atoms with Crippen LogP contribution in [0.5, 0.6) is 5.88 Å². The van der Waals surface area contributed by atoms with E-state index >= 15 is 0 Å². The SMILES string of the molecule is COc1ccc(Sc2n[nH]c(=S)s2)nn1. The molecule has 0 aromatic carbocycles. The van der Waals surface area contributed by atoms with Crippen molar-refractivity contribution in [1.29, 1.82) is 0 Å². The minimum atomic E-state index is 0.494. The first kappa shape index (κ1) is 10.5. The van der Waals surface area contributed by atoms with Crippen LogP contribution in [0, 0.1) is 3.95 Å². The van der Waals surface area contributed by atoms with Crippen molar-refractivity contribution in [2.24, 2.45) is 0 Å². The summed E-state index contributed by atoms with van der Waals surface area (Å²) in [5.41, 5.74) is 0. The van der Waals surface area contributed by atoms with E-state index in [1.54, 1.807) is 13.2 Å². The molecule has 78 valence electrons. The maximum absolute atomic E-state index is 4.92. The van der Waals surface area contributed by atoms with Crippen LogP contribution in [0.4, 0.5) is 0 Å². The molecule has 0 unspecified atom stereocenters. The Bertz CT molecular complexity index is 491. The van der Waals surface area contributed by atoms with Crippen molar-refractivity contribution in [2.75, 3.05) is 7.11 Å². The van der Waals surface area contributed by atoms with Gasteiger partial charge in [0.15, 0.2) is 8.29 Å². The molecular formula is C7H6N4OS3. The van der Waals surface area contributed by atoms with E-state index in [2.05, 4.69) is 20.4 Å². The Morgan fingerprint density at radius 2 is 2.33 bits per heavy atom. The number of nitrogens with one attached hydrogen (secondary N) is 1.